The first kappa shape index (κ1) is 18.5. The molecule has 4 nitrogen and oxygen atoms in total. The van der Waals surface area contributed by atoms with Gasteiger partial charge >= 0.3 is 0 Å². The number of aliphatic hydroxyl groups excluding tert-OH is 1. The number of ether oxygens (including phenoxy) is 1. The minimum Gasteiger partial charge on any atom is -0.508 e. The van der Waals surface area contributed by atoms with Crippen LogP contribution in [0.1, 0.15) is 43.6 Å². The van der Waals surface area contributed by atoms with E-state index in [9.17, 15) is 10.2 Å². The lowest BCUT2D eigenvalue weighted by Crippen LogP contribution is -2.38. The fourth-order valence-corrected chi connectivity index (χ4v) is 2.30. The van der Waals surface area contributed by atoms with Gasteiger partial charge in [-0.3, -0.25) is 0 Å². The number of aromatic hydroxyl groups is 1. The fourth-order valence-electron chi connectivity index (χ4n) is 2.30. The second-order valence-electron chi connectivity index (χ2n) is 7.01. The van der Waals surface area contributed by atoms with E-state index in [-0.39, 0.29) is 11.3 Å². The molecule has 4 heteroatoms. The van der Waals surface area contributed by atoms with Gasteiger partial charge in [-0.25, -0.2) is 0 Å². The van der Waals surface area contributed by atoms with E-state index in [1.165, 1.54) is 0 Å². The average Bonchev–Trinajstić information content (AvgIpc) is 2.54. The molecule has 24 heavy (non-hydrogen) atoms. The summed E-state index contributed by atoms with van der Waals surface area (Å²) in [5.41, 5.74) is 2.48. The van der Waals surface area contributed by atoms with Crippen LogP contribution in [0.2, 0.25) is 0 Å². The molecule has 0 saturated heterocycles. The van der Waals surface area contributed by atoms with Crippen LogP contribution >= 0.6 is 0 Å². The third kappa shape index (κ3) is 5.96. The standard InChI is InChI=1S/C20H27NO3/c1-20(2,3)21-12-19(23)16-9-10-18(22)17(11-16)14-24-13-15-7-5-4-6-8-15/h4-11,19,21-23H,12-14H2,1-3H3. The molecule has 1 unspecified atom stereocenters. The summed E-state index contributed by atoms with van der Waals surface area (Å²) < 4.78 is 5.68. The van der Waals surface area contributed by atoms with Crippen molar-refractivity contribution in [3.63, 3.8) is 0 Å². The molecule has 0 spiro atoms. The van der Waals surface area contributed by atoms with Gasteiger partial charge in [0.05, 0.1) is 19.3 Å². The first-order chi connectivity index (χ1) is 11.3. The van der Waals surface area contributed by atoms with E-state index in [0.29, 0.717) is 25.3 Å². The number of rotatable bonds is 7. The molecule has 0 radical (unpaired) electrons. The largest absolute Gasteiger partial charge is 0.508 e. The molecule has 3 N–H and O–H groups in total. The Labute approximate surface area is 144 Å². The predicted octanol–water partition coefficient (Wildman–Crippen LogP) is 3.53. The molecule has 0 aliphatic carbocycles. The molecule has 0 bridgehead atoms. The van der Waals surface area contributed by atoms with Crippen molar-refractivity contribution in [3.05, 3.63) is 65.2 Å². The number of aliphatic hydroxyl groups is 1. The van der Waals surface area contributed by atoms with Crippen LogP contribution < -0.4 is 5.32 Å². The molecule has 0 fully saturated rings. The lowest BCUT2D eigenvalue weighted by atomic mass is 10.0. The first-order valence-electron chi connectivity index (χ1n) is 8.22. The molecule has 130 valence electrons. The monoisotopic (exact) mass is 329 g/mol. The first-order valence-corrected chi connectivity index (χ1v) is 8.22. The van der Waals surface area contributed by atoms with Crippen molar-refractivity contribution in [1.29, 1.82) is 0 Å². The Balaban J connectivity index is 1.95. The minimum atomic E-state index is -0.627. The molecule has 0 aromatic heterocycles. The van der Waals surface area contributed by atoms with Gasteiger partial charge in [0.15, 0.2) is 0 Å². The lowest BCUT2D eigenvalue weighted by molar-refractivity contribution is 0.105. The molecule has 0 heterocycles. The summed E-state index contributed by atoms with van der Waals surface area (Å²) in [5, 5.41) is 23.6. The third-order valence-corrected chi connectivity index (χ3v) is 3.68. The Kier molecular flexibility index (Phi) is 6.37. The van der Waals surface area contributed by atoms with Crippen molar-refractivity contribution in [3.8, 4) is 5.75 Å². The van der Waals surface area contributed by atoms with Crippen LogP contribution in [0.15, 0.2) is 48.5 Å². The maximum Gasteiger partial charge on any atom is 0.121 e. The van der Waals surface area contributed by atoms with Crippen LogP contribution in [0.5, 0.6) is 5.75 Å². The van der Waals surface area contributed by atoms with Crippen molar-refractivity contribution in [2.75, 3.05) is 6.54 Å². The molecule has 0 aliphatic rings. The van der Waals surface area contributed by atoms with Gasteiger partial charge in [0.1, 0.15) is 5.75 Å². The molecule has 2 aromatic rings. The van der Waals surface area contributed by atoms with E-state index in [1.54, 1.807) is 18.2 Å². The molecule has 2 rings (SSSR count). The molecule has 1 atom stereocenters. The summed E-state index contributed by atoms with van der Waals surface area (Å²) in [7, 11) is 0. The maximum absolute atomic E-state index is 10.3. The highest BCUT2D eigenvalue weighted by Crippen LogP contribution is 2.23. The van der Waals surface area contributed by atoms with E-state index < -0.39 is 6.10 Å². The SMILES string of the molecule is CC(C)(C)NCC(O)c1ccc(O)c(COCc2ccccc2)c1. The zero-order valence-electron chi connectivity index (χ0n) is 14.6. The van der Waals surface area contributed by atoms with E-state index >= 15 is 0 Å². The average molecular weight is 329 g/mol. The van der Waals surface area contributed by atoms with E-state index in [4.69, 9.17) is 4.74 Å². The molecule has 0 aliphatic heterocycles. The lowest BCUT2D eigenvalue weighted by Gasteiger charge is -2.23. The van der Waals surface area contributed by atoms with E-state index in [2.05, 4.69) is 26.1 Å². The van der Waals surface area contributed by atoms with Gasteiger partial charge in [0, 0.05) is 17.6 Å². The Hall–Kier alpha value is -1.88. The second kappa shape index (κ2) is 8.29. The van der Waals surface area contributed by atoms with Gasteiger partial charge in [-0.15, -0.1) is 0 Å². The van der Waals surface area contributed by atoms with Gasteiger partial charge in [0.2, 0.25) is 0 Å². The number of β-amino-alcohol motifs (C(OH)–C–C–N with tert-alkyl or cyclic N) is 1. The van der Waals surface area contributed by atoms with Gasteiger partial charge in [-0.1, -0.05) is 36.4 Å². The molecule has 0 saturated carbocycles. The highest BCUT2D eigenvalue weighted by atomic mass is 16.5. The topological polar surface area (TPSA) is 61.7 Å². The minimum absolute atomic E-state index is 0.0560. The Morgan fingerprint density at radius 1 is 1.04 bits per heavy atom. The number of phenolic OH excluding ortho intramolecular Hbond substituents is 1. The van der Waals surface area contributed by atoms with Crippen molar-refractivity contribution in [2.24, 2.45) is 0 Å². The van der Waals surface area contributed by atoms with Gasteiger partial charge in [0.25, 0.3) is 0 Å². The predicted molar refractivity (Wildman–Crippen MR) is 95.8 cm³/mol. The van der Waals surface area contributed by atoms with Crippen LogP contribution in [0.25, 0.3) is 0 Å². The van der Waals surface area contributed by atoms with Crippen LogP contribution in [-0.2, 0) is 18.0 Å². The van der Waals surface area contributed by atoms with E-state index in [1.807, 2.05) is 30.3 Å². The Bertz CT molecular complexity index is 635. The maximum atomic E-state index is 10.3. The third-order valence-electron chi connectivity index (χ3n) is 3.68. The van der Waals surface area contributed by atoms with Gasteiger partial charge < -0.3 is 20.3 Å². The molecular formula is C20H27NO3. The summed E-state index contributed by atoms with van der Waals surface area (Å²) in [6.45, 7) is 7.41. The number of phenols is 1. The van der Waals surface area contributed by atoms with Gasteiger partial charge in [-0.2, -0.15) is 0 Å². The summed E-state index contributed by atoms with van der Waals surface area (Å²) in [5.74, 6) is 0.183. The number of hydrogen-bond donors (Lipinski definition) is 3. The fraction of sp³-hybridized carbons (Fsp3) is 0.400. The van der Waals surface area contributed by atoms with E-state index in [0.717, 1.165) is 11.1 Å². The van der Waals surface area contributed by atoms with Crippen molar-refractivity contribution < 1.29 is 14.9 Å². The summed E-state index contributed by atoms with van der Waals surface area (Å²) in [6.07, 6.45) is -0.627. The quantitative estimate of drug-likeness (QED) is 0.727. The second-order valence-corrected chi connectivity index (χ2v) is 7.01. The summed E-state index contributed by atoms with van der Waals surface area (Å²) in [6, 6.07) is 15.0. The number of nitrogens with one attached hydrogen (secondary N) is 1. The van der Waals surface area contributed by atoms with Crippen LogP contribution in [0.3, 0.4) is 0 Å². The molecule has 2 aromatic carbocycles. The summed E-state index contributed by atoms with van der Waals surface area (Å²) in [4.78, 5) is 0. The zero-order valence-corrected chi connectivity index (χ0v) is 14.6. The Morgan fingerprint density at radius 2 is 1.75 bits per heavy atom. The van der Waals surface area contributed by atoms with Crippen molar-refractivity contribution in [1.82, 2.24) is 5.32 Å². The van der Waals surface area contributed by atoms with Crippen LogP contribution in [0, 0.1) is 0 Å². The highest BCUT2D eigenvalue weighted by molar-refractivity contribution is 5.36. The van der Waals surface area contributed by atoms with Crippen molar-refractivity contribution in [2.45, 2.75) is 45.6 Å². The smallest absolute Gasteiger partial charge is 0.121 e. The van der Waals surface area contributed by atoms with Crippen molar-refractivity contribution >= 4 is 0 Å². The van der Waals surface area contributed by atoms with Crippen LogP contribution in [-0.4, -0.2) is 22.3 Å². The molecule has 0 amide bonds. The zero-order chi connectivity index (χ0) is 17.6. The normalized spacial score (nSPS) is 13.0. The summed E-state index contributed by atoms with van der Waals surface area (Å²) >= 11 is 0. The van der Waals surface area contributed by atoms with Crippen LogP contribution in [0.4, 0.5) is 0 Å². The van der Waals surface area contributed by atoms with Gasteiger partial charge in [-0.05, 0) is 44.0 Å². The highest BCUT2D eigenvalue weighted by Gasteiger charge is 2.15. The number of hydrogen-bond acceptors (Lipinski definition) is 4. The Morgan fingerprint density at radius 3 is 2.42 bits per heavy atom. The molecular weight excluding hydrogens is 302 g/mol. The number of benzene rings is 2.